The van der Waals surface area contributed by atoms with Crippen LogP contribution >= 0.6 is 11.6 Å². The van der Waals surface area contributed by atoms with Crippen LogP contribution in [0, 0.1) is 6.92 Å². The van der Waals surface area contributed by atoms with Crippen molar-refractivity contribution in [3.8, 4) is 0 Å². The largest absolute Gasteiger partial charge is 0.337 e. The van der Waals surface area contributed by atoms with Crippen LogP contribution < -0.4 is 5.32 Å². The van der Waals surface area contributed by atoms with Crippen molar-refractivity contribution in [2.24, 2.45) is 0 Å². The average molecular weight is 355 g/mol. The molecule has 0 bridgehead atoms. The monoisotopic (exact) mass is 354 g/mol. The molecule has 2 aromatic carbocycles. The highest BCUT2D eigenvalue weighted by atomic mass is 35.5. The van der Waals surface area contributed by atoms with Crippen molar-refractivity contribution in [3.63, 3.8) is 0 Å². The Labute approximate surface area is 151 Å². The van der Waals surface area contributed by atoms with Gasteiger partial charge in [-0.3, -0.25) is 9.59 Å². The van der Waals surface area contributed by atoms with Crippen molar-refractivity contribution < 1.29 is 9.59 Å². The number of para-hydroxylation sites is 1. The summed E-state index contributed by atoms with van der Waals surface area (Å²) in [6.45, 7) is 4.05. The zero-order chi connectivity index (χ0) is 18.0. The quantitative estimate of drug-likeness (QED) is 0.680. The minimum atomic E-state index is -0.161. The fourth-order valence-electron chi connectivity index (χ4n) is 3.06. The molecule has 0 radical (unpaired) electrons. The van der Waals surface area contributed by atoms with Gasteiger partial charge in [0.05, 0.1) is 5.52 Å². The topological polar surface area (TPSA) is 51.1 Å². The lowest BCUT2D eigenvalue weighted by Crippen LogP contribution is -2.19. The number of fused-ring (bicyclic) bond motifs is 1. The van der Waals surface area contributed by atoms with Crippen molar-refractivity contribution in [2.45, 2.75) is 26.8 Å². The van der Waals surface area contributed by atoms with Gasteiger partial charge in [0.1, 0.15) is 6.54 Å². The molecule has 128 valence electrons. The first kappa shape index (κ1) is 17.2. The first-order valence-electron chi connectivity index (χ1n) is 8.16. The number of nitrogens with one attached hydrogen (secondary N) is 1. The van der Waals surface area contributed by atoms with Crippen molar-refractivity contribution in [1.29, 1.82) is 0 Å². The van der Waals surface area contributed by atoms with Crippen LogP contribution in [0.1, 0.15) is 28.4 Å². The Morgan fingerprint density at radius 1 is 1.24 bits per heavy atom. The molecule has 0 fully saturated rings. The number of benzene rings is 2. The normalized spacial score (nSPS) is 10.8. The Bertz CT molecular complexity index is 960. The van der Waals surface area contributed by atoms with E-state index < -0.39 is 0 Å². The van der Waals surface area contributed by atoms with Gasteiger partial charge in [0, 0.05) is 27.9 Å². The maximum atomic E-state index is 12.5. The molecule has 0 saturated heterocycles. The maximum Gasteiger partial charge on any atom is 0.244 e. The Kier molecular flexibility index (Phi) is 4.91. The SMILES string of the molecule is CCc1cccc2c(C=O)cn(CC(=O)Nc3cccc(Cl)c3C)c12. The highest BCUT2D eigenvalue weighted by Gasteiger charge is 2.14. The van der Waals surface area contributed by atoms with E-state index in [2.05, 4.69) is 12.2 Å². The van der Waals surface area contributed by atoms with Gasteiger partial charge in [0.2, 0.25) is 5.91 Å². The summed E-state index contributed by atoms with van der Waals surface area (Å²) in [6.07, 6.45) is 3.40. The predicted molar refractivity (Wildman–Crippen MR) is 102 cm³/mol. The molecular weight excluding hydrogens is 336 g/mol. The third-order valence-corrected chi connectivity index (χ3v) is 4.79. The summed E-state index contributed by atoms with van der Waals surface area (Å²) in [5.41, 5.74) is 4.16. The summed E-state index contributed by atoms with van der Waals surface area (Å²) < 4.78 is 1.84. The van der Waals surface area contributed by atoms with E-state index in [1.165, 1.54) is 0 Å². The van der Waals surface area contributed by atoms with Crippen LogP contribution in [0.25, 0.3) is 10.9 Å². The summed E-state index contributed by atoms with van der Waals surface area (Å²) in [7, 11) is 0. The van der Waals surface area contributed by atoms with Gasteiger partial charge in [-0.25, -0.2) is 0 Å². The standard InChI is InChI=1S/C20H19ClN2O2/c1-3-14-6-4-7-16-15(12-24)10-23(20(14)16)11-19(25)22-18-9-5-8-17(21)13(18)2/h4-10,12H,3,11H2,1-2H3,(H,22,25). The number of aromatic nitrogens is 1. The molecule has 0 aliphatic carbocycles. The smallest absolute Gasteiger partial charge is 0.244 e. The first-order chi connectivity index (χ1) is 12.0. The maximum absolute atomic E-state index is 12.5. The minimum absolute atomic E-state index is 0.132. The van der Waals surface area contributed by atoms with Gasteiger partial charge in [0.25, 0.3) is 0 Å². The molecule has 5 heteroatoms. The fraction of sp³-hybridized carbons (Fsp3) is 0.200. The van der Waals surface area contributed by atoms with Crippen LogP contribution in [0.2, 0.25) is 5.02 Å². The van der Waals surface area contributed by atoms with Gasteiger partial charge in [0.15, 0.2) is 6.29 Å². The van der Waals surface area contributed by atoms with Crippen LogP contribution in [-0.4, -0.2) is 16.8 Å². The zero-order valence-electron chi connectivity index (χ0n) is 14.2. The Balaban J connectivity index is 1.93. The molecule has 1 heterocycles. The highest BCUT2D eigenvalue weighted by Crippen LogP contribution is 2.26. The molecular formula is C20H19ClN2O2. The number of anilines is 1. The number of carbonyl (C=O) groups excluding carboxylic acids is 2. The third-order valence-electron chi connectivity index (χ3n) is 4.38. The van der Waals surface area contributed by atoms with Gasteiger partial charge in [-0.1, -0.05) is 42.8 Å². The number of hydrogen-bond donors (Lipinski definition) is 1. The van der Waals surface area contributed by atoms with E-state index in [-0.39, 0.29) is 12.5 Å². The van der Waals surface area contributed by atoms with Gasteiger partial charge >= 0.3 is 0 Å². The van der Waals surface area contributed by atoms with E-state index in [1.54, 1.807) is 18.3 Å². The van der Waals surface area contributed by atoms with E-state index in [0.29, 0.717) is 16.3 Å². The predicted octanol–water partition coefficient (Wildman–Crippen LogP) is 4.62. The molecule has 25 heavy (non-hydrogen) atoms. The van der Waals surface area contributed by atoms with Crippen LogP contribution in [0.15, 0.2) is 42.6 Å². The zero-order valence-corrected chi connectivity index (χ0v) is 14.9. The Morgan fingerprint density at radius 3 is 2.72 bits per heavy atom. The molecule has 0 saturated carbocycles. The molecule has 0 aliphatic heterocycles. The molecule has 0 spiro atoms. The summed E-state index contributed by atoms with van der Waals surface area (Å²) in [6, 6.07) is 11.3. The molecule has 3 aromatic rings. The molecule has 0 atom stereocenters. The van der Waals surface area contributed by atoms with Gasteiger partial charge < -0.3 is 9.88 Å². The molecule has 4 nitrogen and oxygen atoms in total. The van der Waals surface area contributed by atoms with Crippen LogP contribution in [0.4, 0.5) is 5.69 Å². The van der Waals surface area contributed by atoms with E-state index in [4.69, 9.17) is 11.6 Å². The summed E-state index contributed by atoms with van der Waals surface area (Å²) in [4.78, 5) is 23.9. The number of rotatable bonds is 5. The number of carbonyl (C=O) groups is 2. The number of aryl methyl sites for hydroxylation is 1. The summed E-state index contributed by atoms with van der Waals surface area (Å²) >= 11 is 6.10. The molecule has 0 unspecified atom stereocenters. The number of nitrogens with zero attached hydrogens (tertiary/aromatic N) is 1. The van der Waals surface area contributed by atoms with Gasteiger partial charge in [-0.2, -0.15) is 0 Å². The molecule has 1 amide bonds. The van der Waals surface area contributed by atoms with E-state index in [9.17, 15) is 9.59 Å². The highest BCUT2D eigenvalue weighted by molar-refractivity contribution is 6.31. The van der Waals surface area contributed by atoms with E-state index in [1.807, 2.05) is 35.8 Å². The van der Waals surface area contributed by atoms with Crippen LogP contribution in [0.5, 0.6) is 0 Å². The van der Waals surface area contributed by atoms with Crippen LogP contribution in [-0.2, 0) is 17.8 Å². The second-order valence-corrected chi connectivity index (χ2v) is 6.36. The van der Waals surface area contributed by atoms with Gasteiger partial charge in [-0.15, -0.1) is 0 Å². The molecule has 1 N–H and O–H groups in total. The second-order valence-electron chi connectivity index (χ2n) is 5.96. The lowest BCUT2D eigenvalue weighted by molar-refractivity contribution is -0.116. The third kappa shape index (κ3) is 3.30. The van der Waals surface area contributed by atoms with Crippen molar-refractivity contribution in [1.82, 2.24) is 4.57 Å². The fourth-order valence-corrected chi connectivity index (χ4v) is 3.23. The molecule has 1 aromatic heterocycles. The summed E-state index contributed by atoms with van der Waals surface area (Å²) in [5.74, 6) is -0.161. The average Bonchev–Trinajstić information content (AvgIpc) is 2.96. The van der Waals surface area contributed by atoms with Crippen molar-refractivity contribution >= 4 is 40.4 Å². The second kappa shape index (κ2) is 7.11. The molecule has 0 aliphatic rings. The minimum Gasteiger partial charge on any atom is -0.337 e. The number of aldehydes is 1. The first-order valence-corrected chi connectivity index (χ1v) is 8.53. The Morgan fingerprint density at radius 2 is 2.00 bits per heavy atom. The molecule has 3 rings (SSSR count). The van der Waals surface area contributed by atoms with Crippen LogP contribution in [0.3, 0.4) is 0 Å². The lowest BCUT2D eigenvalue weighted by atomic mass is 10.1. The number of hydrogen-bond acceptors (Lipinski definition) is 2. The number of amides is 1. The Hall–Kier alpha value is -2.59. The van der Waals surface area contributed by atoms with Crippen molar-refractivity contribution in [3.05, 3.63) is 64.3 Å². The van der Waals surface area contributed by atoms with E-state index in [0.717, 1.165) is 34.7 Å². The number of halogens is 1. The van der Waals surface area contributed by atoms with E-state index >= 15 is 0 Å². The van der Waals surface area contributed by atoms with Gasteiger partial charge in [-0.05, 0) is 36.6 Å². The lowest BCUT2D eigenvalue weighted by Gasteiger charge is -2.11. The summed E-state index contributed by atoms with van der Waals surface area (Å²) in [5, 5.41) is 4.38. The van der Waals surface area contributed by atoms with Crippen molar-refractivity contribution in [2.75, 3.05) is 5.32 Å².